The number of benzene rings is 1. The monoisotopic (exact) mass is 207 g/mol. The minimum Gasteiger partial charge on any atom is -0.497 e. The van der Waals surface area contributed by atoms with Crippen molar-refractivity contribution in [2.75, 3.05) is 19.0 Å². The fourth-order valence-electron chi connectivity index (χ4n) is 1.28. The van der Waals surface area contributed by atoms with Crippen LogP contribution in [0.4, 0.5) is 5.69 Å². The average molecular weight is 207 g/mol. The second-order valence-corrected chi connectivity index (χ2v) is 5.10. The molecule has 0 atom stereocenters. The summed E-state index contributed by atoms with van der Waals surface area (Å²) in [6.07, 6.45) is 0. The van der Waals surface area contributed by atoms with Gasteiger partial charge in [0.1, 0.15) is 5.75 Å². The van der Waals surface area contributed by atoms with Crippen LogP contribution in [0.2, 0.25) is 0 Å². The predicted molar refractivity (Wildman–Crippen MR) is 65.7 cm³/mol. The lowest BCUT2D eigenvalue weighted by Gasteiger charge is -2.20. The van der Waals surface area contributed by atoms with Gasteiger partial charge in [-0.05, 0) is 24.0 Å². The quantitative estimate of drug-likeness (QED) is 0.819. The predicted octanol–water partition coefficient (Wildman–Crippen LogP) is 3.46. The van der Waals surface area contributed by atoms with Crippen LogP contribution < -0.4 is 10.1 Å². The number of nitrogens with one attached hydrogen (secondary N) is 1. The molecule has 0 amide bonds. The number of anilines is 1. The summed E-state index contributed by atoms with van der Waals surface area (Å²) in [6.45, 7) is 9.71. The van der Waals surface area contributed by atoms with E-state index in [1.54, 1.807) is 7.11 Å². The van der Waals surface area contributed by atoms with Crippen molar-refractivity contribution in [3.8, 4) is 5.75 Å². The molecule has 2 nitrogen and oxygen atoms in total. The maximum atomic E-state index is 5.20. The van der Waals surface area contributed by atoms with Gasteiger partial charge in [-0.2, -0.15) is 0 Å². The van der Waals surface area contributed by atoms with Crippen molar-refractivity contribution >= 4 is 5.69 Å². The molecule has 0 fully saturated rings. The molecule has 0 unspecified atom stereocenters. The zero-order valence-corrected chi connectivity index (χ0v) is 10.3. The van der Waals surface area contributed by atoms with Crippen LogP contribution in [0.5, 0.6) is 5.75 Å². The molecule has 0 heterocycles. The molecule has 0 aliphatic heterocycles. The molecule has 0 aliphatic rings. The van der Waals surface area contributed by atoms with Gasteiger partial charge in [0.25, 0.3) is 0 Å². The smallest absolute Gasteiger partial charge is 0.120 e. The Bertz CT molecular complexity index is 326. The van der Waals surface area contributed by atoms with Crippen molar-refractivity contribution in [1.82, 2.24) is 0 Å². The van der Waals surface area contributed by atoms with E-state index in [0.29, 0.717) is 0 Å². The molecular weight excluding hydrogens is 186 g/mol. The minimum atomic E-state index is 0.287. The summed E-state index contributed by atoms with van der Waals surface area (Å²) in [5.41, 5.74) is 2.69. The molecule has 15 heavy (non-hydrogen) atoms. The van der Waals surface area contributed by atoms with Gasteiger partial charge in [0, 0.05) is 18.3 Å². The Morgan fingerprint density at radius 3 is 2.47 bits per heavy atom. The van der Waals surface area contributed by atoms with Gasteiger partial charge in [0.05, 0.1) is 7.11 Å². The summed E-state index contributed by atoms with van der Waals surface area (Å²) < 4.78 is 5.20. The highest BCUT2D eigenvalue weighted by Crippen LogP contribution is 2.23. The molecule has 0 aliphatic carbocycles. The molecule has 0 saturated carbocycles. The minimum absolute atomic E-state index is 0.287. The first-order chi connectivity index (χ1) is 6.92. The zero-order chi connectivity index (χ0) is 11.5. The summed E-state index contributed by atoms with van der Waals surface area (Å²) >= 11 is 0. The maximum absolute atomic E-state index is 5.20. The Morgan fingerprint density at radius 1 is 1.27 bits per heavy atom. The van der Waals surface area contributed by atoms with Crippen LogP contribution in [0.15, 0.2) is 18.2 Å². The van der Waals surface area contributed by atoms with Crippen LogP contribution in [0.25, 0.3) is 0 Å². The standard InChI is InChI=1S/C13H21NO/c1-10-6-7-11(15-5)8-12(10)14-9-13(2,3)4/h6-8,14H,9H2,1-5H3. The number of aryl methyl sites for hydroxylation is 1. The van der Waals surface area contributed by atoms with Gasteiger partial charge in [-0.1, -0.05) is 26.8 Å². The zero-order valence-electron chi connectivity index (χ0n) is 10.3. The van der Waals surface area contributed by atoms with Crippen molar-refractivity contribution in [2.45, 2.75) is 27.7 Å². The fourth-order valence-corrected chi connectivity index (χ4v) is 1.28. The molecule has 0 aromatic heterocycles. The van der Waals surface area contributed by atoms with Crippen molar-refractivity contribution < 1.29 is 4.74 Å². The second-order valence-electron chi connectivity index (χ2n) is 5.10. The van der Waals surface area contributed by atoms with Crippen molar-refractivity contribution in [3.05, 3.63) is 23.8 Å². The summed E-state index contributed by atoms with van der Waals surface area (Å²) in [6, 6.07) is 6.10. The number of hydrogen-bond donors (Lipinski definition) is 1. The highest BCUT2D eigenvalue weighted by atomic mass is 16.5. The lowest BCUT2D eigenvalue weighted by Crippen LogP contribution is -2.19. The molecule has 1 aromatic rings. The highest BCUT2D eigenvalue weighted by Gasteiger charge is 2.10. The van der Waals surface area contributed by atoms with Crippen LogP contribution in [-0.2, 0) is 0 Å². The van der Waals surface area contributed by atoms with Crippen LogP contribution in [0, 0.1) is 12.3 Å². The Balaban J connectivity index is 2.75. The number of ether oxygens (including phenoxy) is 1. The largest absolute Gasteiger partial charge is 0.497 e. The summed E-state index contributed by atoms with van der Waals surface area (Å²) in [5, 5.41) is 3.45. The molecule has 0 radical (unpaired) electrons. The molecule has 1 rings (SSSR count). The lowest BCUT2D eigenvalue weighted by atomic mass is 9.97. The number of hydrogen-bond acceptors (Lipinski definition) is 2. The van der Waals surface area contributed by atoms with Gasteiger partial charge in [-0.3, -0.25) is 0 Å². The normalized spacial score (nSPS) is 11.3. The van der Waals surface area contributed by atoms with Gasteiger partial charge >= 0.3 is 0 Å². The van der Waals surface area contributed by atoms with Crippen LogP contribution in [-0.4, -0.2) is 13.7 Å². The molecule has 0 spiro atoms. The van der Waals surface area contributed by atoms with Gasteiger partial charge in [-0.25, -0.2) is 0 Å². The summed E-state index contributed by atoms with van der Waals surface area (Å²) in [7, 11) is 1.69. The van der Waals surface area contributed by atoms with E-state index in [-0.39, 0.29) is 5.41 Å². The second kappa shape index (κ2) is 4.56. The molecule has 1 aromatic carbocycles. The van der Waals surface area contributed by atoms with Gasteiger partial charge in [-0.15, -0.1) is 0 Å². The van der Waals surface area contributed by atoms with Gasteiger partial charge < -0.3 is 10.1 Å². The van der Waals surface area contributed by atoms with E-state index >= 15 is 0 Å². The van der Waals surface area contributed by atoms with Gasteiger partial charge in [0.15, 0.2) is 0 Å². The third-order valence-electron chi connectivity index (χ3n) is 2.25. The maximum Gasteiger partial charge on any atom is 0.120 e. The van der Waals surface area contributed by atoms with Crippen LogP contribution >= 0.6 is 0 Å². The van der Waals surface area contributed by atoms with E-state index in [1.807, 2.05) is 12.1 Å². The third-order valence-corrected chi connectivity index (χ3v) is 2.25. The van der Waals surface area contributed by atoms with Crippen molar-refractivity contribution in [2.24, 2.45) is 5.41 Å². The average Bonchev–Trinajstić information content (AvgIpc) is 2.15. The number of methoxy groups -OCH3 is 1. The topological polar surface area (TPSA) is 21.3 Å². The SMILES string of the molecule is COc1ccc(C)c(NCC(C)(C)C)c1. The van der Waals surface area contributed by atoms with Crippen LogP contribution in [0.1, 0.15) is 26.3 Å². The fraction of sp³-hybridized carbons (Fsp3) is 0.538. The Labute approximate surface area is 92.6 Å². The van der Waals surface area contributed by atoms with E-state index in [2.05, 4.69) is 39.1 Å². The van der Waals surface area contributed by atoms with Crippen LogP contribution in [0.3, 0.4) is 0 Å². The van der Waals surface area contributed by atoms with Gasteiger partial charge in [0.2, 0.25) is 0 Å². The van der Waals surface area contributed by atoms with Crippen molar-refractivity contribution in [1.29, 1.82) is 0 Å². The molecular formula is C13H21NO. The Morgan fingerprint density at radius 2 is 1.93 bits per heavy atom. The Hall–Kier alpha value is -1.18. The molecule has 84 valence electrons. The molecule has 0 bridgehead atoms. The van der Waals surface area contributed by atoms with E-state index in [0.717, 1.165) is 18.0 Å². The van der Waals surface area contributed by atoms with E-state index in [9.17, 15) is 0 Å². The lowest BCUT2D eigenvalue weighted by molar-refractivity contribution is 0.414. The van der Waals surface area contributed by atoms with E-state index in [4.69, 9.17) is 4.74 Å². The summed E-state index contributed by atoms with van der Waals surface area (Å²) in [4.78, 5) is 0. The number of rotatable bonds is 3. The highest BCUT2D eigenvalue weighted by molar-refractivity contribution is 5.54. The first kappa shape index (κ1) is 11.9. The first-order valence-electron chi connectivity index (χ1n) is 5.31. The Kier molecular flexibility index (Phi) is 3.61. The van der Waals surface area contributed by atoms with Crippen molar-refractivity contribution in [3.63, 3.8) is 0 Å². The van der Waals surface area contributed by atoms with E-state index < -0.39 is 0 Å². The molecule has 2 heteroatoms. The first-order valence-corrected chi connectivity index (χ1v) is 5.31. The molecule has 1 N–H and O–H groups in total. The summed E-state index contributed by atoms with van der Waals surface area (Å²) in [5.74, 6) is 0.900. The van der Waals surface area contributed by atoms with E-state index in [1.165, 1.54) is 5.56 Å². The third kappa shape index (κ3) is 3.82. The molecule has 0 saturated heterocycles.